The predicted octanol–water partition coefficient (Wildman–Crippen LogP) is 5.68. The van der Waals surface area contributed by atoms with Crippen LogP contribution in [0.4, 0.5) is 4.39 Å². The SMILES string of the molecule is CC(C)(C)OC(=O)C[C@@H](CCc1ccccc1)[C@@H](F)c1ccccc1. The summed E-state index contributed by atoms with van der Waals surface area (Å²) < 4.78 is 20.5. The molecular weight excluding hydrogens is 315 g/mol. The lowest BCUT2D eigenvalue weighted by molar-refractivity contribution is -0.156. The number of aryl methyl sites for hydroxylation is 1. The maximum Gasteiger partial charge on any atom is 0.306 e. The van der Waals surface area contributed by atoms with Crippen LogP contribution in [0.3, 0.4) is 0 Å². The minimum atomic E-state index is -1.18. The number of hydrogen-bond donors (Lipinski definition) is 0. The summed E-state index contributed by atoms with van der Waals surface area (Å²) in [7, 11) is 0. The second-order valence-electron chi connectivity index (χ2n) is 7.39. The van der Waals surface area contributed by atoms with Crippen molar-refractivity contribution in [1.29, 1.82) is 0 Å². The molecule has 0 aliphatic rings. The Morgan fingerprint density at radius 3 is 2.12 bits per heavy atom. The van der Waals surface area contributed by atoms with Crippen LogP contribution in [-0.2, 0) is 16.0 Å². The highest BCUT2D eigenvalue weighted by atomic mass is 19.1. The first-order valence-corrected chi connectivity index (χ1v) is 8.80. The summed E-state index contributed by atoms with van der Waals surface area (Å²) in [5, 5.41) is 0. The van der Waals surface area contributed by atoms with Gasteiger partial charge in [-0.3, -0.25) is 4.79 Å². The van der Waals surface area contributed by atoms with Gasteiger partial charge >= 0.3 is 5.97 Å². The number of rotatable bonds is 7. The Morgan fingerprint density at radius 1 is 1.00 bits per heavy atom. The number of benzene rings is 2. The maximum absolute atomic E-state index is 15.1. The number of halogens is 1. The standard InChI is InChI=1S/C22H27FO2/c1-22(2,3)25-20(24)16-19(15-14-17-10-6-4-7-11-17)21(23)18-12-8-5-9-13-18/h4-13,19,21H,14-16H2,1-3H3/t19-,21+/m1/s1. The normalized spacial score (nSPS) is 13.9. The summed E-state index contributed by atoms with van der Waals surface area (Å²) in [6.45, 7) is 5.48. The van der Waals surface area contributed by atoms with E-state index in [2.05, 4.69) is 0 Å². The largest absolute Gasteiger partial charge is 0.460 e. The number of carbonyl (C=O) groups excluding carboxylic acids is 1. The van der Waals surface area contributed by atoms with Crippen LogP contribution in [0.15, 0.2) is 60.7 Å². The fourth-order valence-electron chi connectivity index (χ4n) is 2.85. The molecule has 0 aromatic heterocycles. The zero-order valence-electron chi connectivity index (χ0n) is 15.2. The van der Waals surface area contributed by atoms with Crippen LogP contribution in [-0.4, -0.2) is 11.6 Å². The van der Waals surface area contributed by atoms with Gasteiger partial charge in [-0.1, -0.05) is 60.7 Å². The van der Waals surface area contributed by atoms with Crippen molar-refractivity contribution in [2.45, 2.75) is 51.8 Å². The number of carbonyl (C=O) groups is 1. The molecule has 0 spiro atoms. The van der Waals surface area contributed by atoms with E-state index in [0.29, 0.717) is 12.0 Å². The molecule has 2 atom stereocenters. The van der Waals surface area contributed by atoms with E-state index in [0.717, 1.165) is 12.0 Å². The Hall–Kier alpha value is -2.16. The van der Waals surface area contributed by atoms with E-state index < -0.39 is 17.7 Å². The first kappa shape index (κ1) is 19.2. The number of hydrogen-bond acceptors (Lipinski definition) is 2. The van der Waals surface area contributed by atoms with Crippen molar-refractivity contribution in [3.63, 3.8) is 0 Å². The topological polar surface area (TPSA) is 26.3 Å². The van der Waals surface area contributed by atoms with E-state index in [-0.39, 0.29) is 12.4 Å². The van der Waals surface area contributed by atoms with Gasteiger partial charge in [0.2, 0.25) is 0 Å². The third-order valence-corrected chi connectivity index (χ3v) is 4.03. The zero-order chi connectivity index (χ0) is 18.3. The summed E-state index contributed by atoms with van der Waals surface area (Å²) in [4.78, 5) is 12.2. The highest BCUT2D eigenvalue weighted by molar-refractivity contribution is 5.70. The highest BCUT2D eigenvalue weighted by Crippen LogP contribution is 2.33. The van der Waals surface area contributed by atoms with Crippen LogP contribution in [0.5, 0.6) is 0 Å². The molecule has 134 valence electrons. The maximum atomic E-state index is 15.1. The molecule has 0 bridgehead atoms. The lowest BCUT2D eigenvalue weighted by Gasteiger charge is -2.24. The Morgan fingerprint density at radius 2 is 1.56 bits per heavy atom. The second kappa shape index (κ2) is 8.80. The zero-order valence-corrected chi connectivity index (χ0v) is 15.2. The molecule has 0 aliphatic heterocycles. The molecule has 2 rings (SSSR count). The average molecular weight is 342 g/mol. The minimum Gasteiger partial charge on any atom is -0.460 e. The van der Waals surface area contributed by atoms with Crippen LogP contribution < -0.4 is 0 Å². The van der Waals surface area contributed by atoms with Gasteiger partial charge in [0.1, 0.15) is 11.8 Å². The van der Waals surface area contributed by atoms with Crippen LogP contribution in [0.2, 0.25) is 0 Å². The predicted molar refractivity (Wildman–Crippen MR) is 99.0 cm³/mol. The molecule has 2 nitrogen and oxygen atoms in total. The van der Waals surface area contributed by atoms with Crippen molar-refractivity contribution in [3.8, 4) is 0 Å². The molecule has 2 aromatic carbocycles. The van der Waals surface area contributed by atoms with Crippen molar-refractivity contribution < 1.29 is 13.9 Å². The molecule has 0 heterocycles. The summed E-state index contributed by atoms with van der Waals surface area (Å²) in [6.07, 6.45) is 0.235. The molecule has 0 N–H and O–H groups in total. The second-order valence-corrected chi connectivity index (χ2v) is 7.39. The summed E-state index contributed by atoms with van der Waals surface area (Å²) >= 11 is 0. The first-order valence-electron chi connectivity index (χ1n) is 8.80. The molecule has 0 fully saturated rings. The van der Waals surface area contributed by atoms with Crippen LogP contribution in [0.25, 0.3) is 0 Å². The molecular formula is C22H27FO2. The van der Waals surface area contributed by atoms with Crippen LogP contribution >= 0.6 is 0 Å². The summed E-state index contributed by atoms with van der Waals surface area (Å²) in [5.41, 5.74) is 1.21. The number of alkyl halides is 1. The number of ether oxygens (including phenoxy) is 1. The monoisotopic (exact) mass is 342 g/mol. The number of esters is 1. The van der Waals surface area contributed by atoms with Crippen molar-refractivity contribution in [2.24, 2.45) is 5.92 Å². The highest BCUT2D eigenvalue weighted by Gasteiger charge is 2.27. The smallest absolute Gasteiger partial charge is 0.306 e. The molecule has 0 unspecified atom stereocenters. The van der Waals surface area contributed by atoms with Crippen LogP contribution in [0.1, 0.15) is 50.9 Å². The van der Waals surface area contributed by atoms with E-state index in [9.17, 15) is 4.79 Å². The molecule has 3 heteroatoms. The van der Waals surface area contributed by atoms with Gasteiger partial charge in [0.25, 0.3) is 0 Å². The van der Waals surface area contributed by atoms with Gasteiger partial charge in [0.15, 0.2) is 0 Å². The third kappa shape index (κ3) is 6.69. The first-order chi connectivity index (χ1) is 11.8. The van der Waals surface area contributed by atoms with E-state index >= 15 is 4.39 Å². The van der Waals surface area contributed by atoms with Gasteiger partial charge in [-0.15, -0.1) is 0 Å². The summed E-state index contributed by atoms with van der Waals surface area (Å²) in [5.74, 6) is -0.749. The molecule has 0 aliphatic carbocycles. The molecule has 0 saturated heterocycles. The summed E-state index contributed by atoms with van der Waals surface area (Å²) in [6, 6.07) is 19.0. The van der Waals surface area contributed by atoms with Gasteiger partial charge < -0.3 is 4.74 Å². The lowest BCUT2D eigenvalue weighted by atomic mass is 9.88. The van der Waals surface area contributed by atoms with Crippen molar-refractivity contribution in [3.05, 3.63) is 71.8 Å². The van der Waals surface area contributed by atoms with E-state index in [1.165, 1.54) is 0 Å². The minimum absolute atomic E-state index is 0.0835. The van der Waals surface area contributed by atoms with Gasteiger partial charge in [-0.05, 0) is 44.7 Å². The van der Waals surface area contributed by atoms with Gasteiger partial charge in [0, 0.05) is 5.92 Å². The van der Waals surface area contributed by atoms with E-state index in [4.69, 9.17) is 4.74 Å². The molecule has 2 aromatic rings. The quantitative estimate of drug-likeness (QED) is 0.605. The Kier molecular flexibility index (Phi) is 6.74. The lowest BCUT2D eigenvalue weighted by Crippen LogP contribution is -2.26. The van der Waals surface area contributed by atoms with Crippen molar-refractivity contribution in [2.75, 3.05) is 0 Å². The third-order valence-electron chi connectivity index (χ3n) is 4.03. The van der Waals surface area contributed by atoms with Gasteiger partial charge in [-0.2, -0.15) is 0 Å². The average Bonchev–Trinajstić information content (AvgIpc) is 2.58. The fourth-order valence-corrected chi connectivity index (χ4v) is 2.85. The Bertz CT molecular complexity index is 647. The molecule has 0 radical (unpaired) electrons. The Balaban J connectivity index is 2.08. The molecule has 0 saturated carbocycles. The van der Waals surface area contributed by atoms with Crippen molar-refractivity contribution >= 4 is 5.97 Å². The molecule has 25 heavy (non-hydrogen) atoms. The Labute approximate surface area is 150 Å². The van der Waals surface area contributed by atoms with Crippen LogP contribution in [0, 0.1) is 5.92 Å². The fraction of sp³-hybridized carbons (Fsp3) is 0.409. The van der Waals surface area contributed by atoms with E-state index in [1.54, 1.807) is 12.1 Å². The van der Waals surface area contributed by atoms with Crippen molar-refractivity contribution in [1.82, 2.24) is 0 Å². The van der Waals surface area contributed by atoms with Gasteiger partial charge in [-0.25, -0.2) is 4.39 Å². The van der Waals surface area contributed by atoms with E-state index in [1.807, 2.05) is 69.3 Å². The van der Waals surface area contributed by atoms with Gasteiger partial charge in [0.05, 0.1) is 6.42 Å². The molecule has 0 amide bonds.